The van der Waals surface area contributed by atoms with Crippen LogP contribution in [0.15, 0.2) is 152 Å². The van der Waals surface area contributed by atoms with Gasteiger partial charge in [-0.1, -0.05) is 147 Å². The molecule has 3 nitrogen and oxygen atoms in total. The van der Waals surface area contributed by atoms with Crippen LogP contribution >= 0.6 is 0 Å². The standard InChI is InChI=1S/C55H46BN3/c1-52-32-29-35-17-7-9-22-40(35)54(52,3)59-48-34-37(58-46-28-12-10-23-41(46)55(36-18-5-4-6-19-36)31-14-13-30-53(55,58)2)33-47-49(48)56(44-26-16-24-42(52)51(44)59)43-25-15-21-39-38-20-8-11-27-45(38)57(47)50(39)43/h4-12,15-28,33-34H,13-14,29-32H2,1-3H3. The zero-order valence-corrected chi connectivity index (χ0v) is 34.1. The highest BCUT2D eigenvalue weighted by Gasteiger charge is 2.64. The van der Waals surface area contributed by atoms with Gasteiger partial charge in [0.2, 0.25) is 0 Å². The van der Waals surface area contributed by atoms with Gasteiger partial charge >= 0.3 is 0 Å². The summed E-state index contributed by atoms with van der Waals surface area (Å²) in [4.78, 5) is 5.71. The molecular weight excluding hydrogens is 713 g/mol. The molecule has 6 aliphatic rings. The second-order valence-electron chi connectivity index (χ2n) is 19.2. The first kappa shape index (κ1) is 32.9. The fourth-order valence-corrected chi connectivity index (χ4v) is 14.5. The summed E-state index contributed by atoms with van der Waals surface area (Å²) in [7, 11) is 0. The summed E-state index contributed by atoms with van der Waals surface area (Å²) >= 11 is 0. The summed E-state index contributed by atoms with van der Waals surface area (Å²) in [5, 5.41) is 2.68. The molecule has 0 amide bonds. The first-order valence-corrected chi connectivity index (χ1v) is 22.1. The van der Waals surface area contributed by atoms with Gasteiger partial charge in [-0.2, -0.15) is 0 Å². The second-order valence-corrected chi connectivity index (χ2v) is 19.2. The van der Waals surface area contributed by atoms with Crippen molar-refractivity contribution in [3.63, 3.8) is 0 Å². The topological polar surface area (TPSA) is 11.4 Å². The fourth-order valence-electron chi connectivity index (χ4n) is 14.5. The van der Waals surface area contributed by atoms with E-state index in [4.69, 9.17) is 0 Å². The largest absolute Gasteiger partial charge is 0.334 e. The van der Waals surface area contributed by atoms with Crippen LogP contribution in [0.3, 0.4) is 0 Å². The Morgan fingerprint density at radius 2 is 1.24 bits per heavy atom. The van der Waals surface area contributed by atoms with E-state index in [0.717, 1.165) is 25.7 Å². The van der Waals surface area contributed by atoms with Crippen LogP contribution in [0.1, 0.15) is 80.7 Å². The van der Waals surface area contributed by atoms with Gasteiger partial charge in [-0.05, 0) is 108 Å². The van der Waals surface area contributed by atoms with Crippen LogP contribution in [-0.2, 0) is 22.8 Å². The van der Waals surface area contributed by atoms with Gasteiger partial charge in [-0.3, -0.25) is 0 Å². The number of aromatic nitrogens is 1. The molecule has 4 heteroatoms. The molecule has 8 aromatic rings. The van der Waals surface area contributed by atoms with E-state index >= 15 is 0 Å². The molecule has 7 aromatic carbocycles. The molecule has 1 saturated carbocycles. The van der Waals surface area contributed by atoms with Crippen molar-refractivity contribution in [3.8, 4) is 5.69 Å². The normalized spacial score (nSPS) is 26.3. The Morgan fingerprint density at radius 3 is 2.14 bits per heavy atom. The Labute approximate surface area is 347 Å². The van der Waals surface area contributed by atoms with E-state index in [1.54, 1.807) is 0 Å². The molecule has 4 unspecified atom stereocenters. The minimum absolute atomic E-state index is 0.0742. The van der Waals surface area contributed by atoms with Crippen molar-refractivity contribution < 1.29 is 0 Å². The Balaban J connectivity index is 1.14. The highest BCUT2D eigenvalue weighted by Crippen LogP contribution is 2.66. The molecule has 4 atom stereocenters. The van der Waals surface area contributed by atoms with Crippen LogP contribution in [0.4, 0.5) is 22.7 Å². The van der Waals surface area contributed by atoms with Crippen molar-refractivity contribution in [2.75, 3.05) is 9.80 Å². The Bertz CT molecular complexity index is 3160. The number of aryl methyl sites for hydroxylation is 1. The number of hydrogen-bond acceptors (Lipinski definition) is 2. The summed E-state index contributed by atoms with van der Waals surface area (Å²) in [5.41, 5.74) is 20.6. The van der Waals surface area contributed by atoms with Crippen molar-refractivity contribution in [3.05, 3.63) is 179 Å². The molecule has 0 radical (unpaired) electrons. The van der Waals surface area contributed by atoms with Gasteiger partial charge in [-0.25, -0.2) is 0 Å². The van der Waals surface area contributed by atoms with E-state index in [1.807, 2.05) is 0 Å². The lowest BCUT2D eigenvalue weighted by Crippen LogP contribution is -2.63. The smallest absolute Gasteiger partial charge is 0.252 e. The molecule has 14 rings (SSSR count). The summed E-state index contributed by atoms with van der Waals surface area (Å²) in [6.45, 7) is 7.90. The van der Waals surface area contributed by atoms with E-state index in [9.17, 15) is 0 Å². The Morgan fingerprint density at radius 1 is 0.542 bits per heavy atom. The quantitative estimate of drug-likeness (QED) is 0.163. The first-order valence-electron chi connectivity index (χ1n) is 22.1. The van der Waals surface area contributed by atoms with E-state index < -0.39 is 0 Å². The van der Waals surface area contributed by atoms with Gasteiger partial charge in [0, 0.05) is 55.6 Å². The van der Waals surface area contributed by atoms with Gasteiger partial charge in [0.05, 0.1) is 16.6 Å². The van der Waals surface area contributed by atoms with Crippen LogP contribution in [0, 0.1) is 0 Å². The average molecular weight is 760 g/mol. The SMILES string of the molecule is CC12CCc3ccccc3C1(C)N1c3cc(N4c5ccccc5C5(c6ccccc6)CCCCC45C)cc4c3B(c3cccc2c31)c1cccc2c3ccccc3n-4c12. The second kappa shape index (κ2) is 10.8. The number of para-hydroxylation sites is 4. The van der Waals surface area contributed by atoms with Crippen molar-refractivity contribution in [1.82, 2.24) is 4.57 Å². The Kier molecular flexibility index (Phi) is 6.01. The minimum atomic E-state index is -0.284. The van der Waals surface area contributed by atoms with Crippen molar-refractivity contribution in [2.24, 2.45) is 0 Å². The number of hydrogen-bond donors (Lipinski definition) is 0. The van der Waals surface area contributed by atoms with Crippen LogP contribution in [0.25, 0.3) is 27.5 Å². The van der Waals surface area contributed by atoms with Crippen LogP contribution in [0.5, 0.6) is 0 Å². The van der Waals surface area contributed by atoms with Crippen LogP contribution < -0.4 is 26.2 Å². The highest BCUT2D eigenvalue weighted by atomic mass is 15.3. The average Bonchev–Trinajstić information content (AvgIpc) is 3.82. The van der Waals surface area contributed by atoms with E-state index in [-0.39, 0.29) is 28.6 Å². The zero-order chi connectivity index (χ0) is 39.0. The molecule has 0 saturated heterocycles. The molecular formula is C55H46BN3. The molecule has 4 aliphatic heterocycles. The van der Waals surface area contributed by atoms with Crippen molar-refractivity contribution in [1.29, 1.82) is 0 Å². The molecule has 1 fully saturated rings. The third kappa shape index (κ3) is 3.53. The van der Waals surface area contributed by atoms with E-state index in [0.29, 0.717) is 0 Å². The number of rotatable bonds is 2. The summed E-state index contributed by atoms with van der Waals surface area (Å²) in [6.07, 6.45) is 6.96. The number of benzene rings is 7. The summed E-state index contributed by atoms with van der Waals surface area (Å²) < 4.78 is 2.66. The third-order valence-corrected chi connectivity index (χ3v) is 17.1. The minimum Gasteiger partial charge on any atom is -0.334 e. The third-order valence-electron chi connectivity index (χ3n) is 17.1. The van der Waals surface area contributed by atoms with Gasteiger partial charge in [0.1, 0.15) is 0 Å². The van der Waals surface area contributed by atoms with Crippen molar-refractivity contribution in [2.45, 2.75) is 81.2 Å². The van der Waals surface area contributed by atoms with Crippen LogP contribution in [0.2, 0.25) is 0 Å². The predicted octanol–water partition coefficient (Wildman–Crippen LogP) is 11.0. The molecule has 2 aliphatic carbocycles. The van der Waals surface area contributed by atoms with Gasteiger partial charge in [-0.15, -0.1) is 0 Å². The van der Waals surface area contributed by atoms with Gasteiger partial charge in [0.25, 0.3) is 6.71 Å². The monoisotopic (exact) mass is 759 g/mol. The first-order chi connectivity index (χ1) is 28.9. The maximum absolute atomic E-state index is 2.88. The van der Waals surface area contributed by atoms with Gasteiger partial charge in [0.15, 0.2) is 0 Å². The maximum Gasteiger partial charge on any atom is 0.252 e. The van der Waals surface area contributed by atoms with Crippen LogP contribution in [-0.4, -0.2) is 16.8 Å². The summed E-state index contributed by atoms with van der Waals surface area (Å²) in [6, 6.07) is 59.2. The van der Waals surface area contributed by atoms with E-state index in [2.05, 4.69) is 187 Å². The van der Waals surface area contributed by atoms with E-state index in [1.165, 1.54) is 107 Å². The molecule has 59 heavy (non-hydrogen) atoms. The maximum atomic E-state index is 2.88. The number of anilines is 4. The molecule has 5 heterocycles. The predicted molar refractivity (Wildman–Crippen MR) is 246 cm³/mol. The molecule has 284 valence electrons. The lowest BCUT2D eigenvalue weighted by atomic mass is 9.33. The highest BCUT2D eigenvalue weighted by molar-refractivity contribution is 7.00. The lowest BCUT2D eigenvalue weighted by molar-refractivity contribution is 0.215. The molecule has 0 N–H and O–H groups in total. The van der Waals surface area contributed by atoms with Crippen molar-refractivity contribution >= 4 is 67.7 Å². The fraction of sp³-hybridized carbons (Fsp3) is 0.236. The molecule has 0 bridgehead atoms. The van der Waals surface area contributed by atoms with Gasteiger partial charge < -0.3 is 14.4 Å². The zero-order valence-electron chi connectivity index (χ0n) is 34.1. The lowest BCUT2D eigenvalue weighted by Gasteiger charge is -2.54. The Hall–Kier alpha value is -6.00. The summed E-state index contributed by atoms with van der Waals surface area (Å²) in [5.74, 6) is 0. The number of nitrogens with zero attached hydrogens (tertiary/aromatic N) is 3. The molecule has 0 spiro atoms. The number of fused-ring (bicyclic) bond motifs is 15. The molecule has 1 aromatic heterocycles.